The Morgan fingerprint density at radius 1 is 1.40 bits per heavy atom. The molecule has 0 radical (unpaired) electrons. The number of aromatic nitrogens is 1. The summed E-state index contributed by atoms with van der Waals surface area (Å²) in [5, 5.41) is 0. The smallest absolute Gasteiger partial charge is 0.265 e. The largest absolute Gasteiger partial charge is 0.364 e. The van der Waals surface area contributed by atoms with E-state index in [9.17, 15) is 4.79 Å². The topological polar surface area (TPSA) is 47.5 Å². The lowest BCUT2D eigenvalue weighted by molar-refractivity contribution is 0.0994. The maximum atomic E-state index is 11.2. The van der Waals surface area contributed by atoms with E-state index in [4.69, 9.17) is 5.73 Å². The van der Waals surface area contributed by atoms with E-state index in [1.165, 1.54) is 5.56 Å². The number of carbonyl (C=O) groups excluding carboxylic acids is 1. The van der Waals surface area contributed by atoms with Crippen LogP contribution in [0.2, 0.25) is 0 Å². The fraction of sp³-hybridized carbons (Fsp3) is 0.250. The summed E-state index contributed by atoms with van der Waals surface area (Å²) in [7, 11) is 0. The second-order valence-corrected chi connectivity index (χ2v) is 3.62. The first-order valence-corrected chi connectivity index (χ1v) is 5.12. The lowest BCUT2D eigenvalue weighted by Crippen LogP contribution is -2.14. The number of fused-ring (bicyclic) bond motifs is 1. The number of pyridine rings is 1. The van der Waals surface area contributed by atoms with Crippen LogP contribution in [-0.4, -0.2) is 10.3 Å². The SMILES string of the molecule is CCCc1ccn2c(C(N)=O)cccc12. The molecule has 0 spiro atoms. The molecule has 2 rings (SSSR count). The highest BCUT2D eigenvalue weighted by molar-refractivity contribution is 5.92. The van der Waals surface area contributed by atoms with Crippen molar-refractivity contribution >= 4 is 11.4 Å². The minimum absolute atomic E-state index is 0.390. The van der Waals surface area contributed by atoms with Gasteiger partial charge in [0.15, 0.2) is 0 Å². The predicted octanol–water partition coefficient (Wildman–Crippen LogP) is 1.99. The van der Waals surface area contributed by atoms with Crippen molar-refractivity contribution in [2.75, 3.05) is 0 Å². The zero-order valence-corrected chi connectivity index (χ0v) is 8.73. The monoisotopic (exact) mass is 202 g/mol. The van der Waals surface area contributed by atoms with Crippen LogP contribution in [0.1, 0.15) is 29.4 Å². The van der Waals surface area contributed by atoms with E-state index in [1.54, 1.807) is 6.07 Å². The number of primary amides is 1. The Morgan fingerprint density at radius 2 is 2.20 bits per heavy atom. The van der Waals surface area contributed by atoms with Crippen molar-refractivity contribution in [1.82, 2.24) is 4.40 Å². The summed E-state index contributed by atoms with van der Waals surface area (Å²) in [5.41, 5.74) is 8.18. The van der Waals surface area contributed by atoms with Gasteiger partial charge < -0.3 is 10.1 Å². The highest BCUT2D eigenvalue weighted by Crippen LogP contribution is 2.16. The molecule has 2 aromatic rings. The second-order valence-electron chi connectivity index (χ2n) is 3.62. The fourth-order valence-electron chi connectivity index (χ4n) is 1.87. The quantitative estimate of drug-likeness (QED) is 0.813. The third-order valence-electron chi connectivity index (χ3n) is 2.55. The highest BCUT2D eigenvalue weighted by atomic mass is 16.1. The maximum Gasteiger partial charge on any atom is 0.265 e. The predicted molar refractivity (Wildman–Crippen MR) is 59.9 cm³/mol. The first kappa shape index (κ1) is 9.77. The normalized spacial score (nSPS) is 10.7. The molecule has 0 aromatic carbocycles. The lowest BCUT2D eigenvalue weighted by atomic mass is 10.1. The van der Waals surface area contributed by atoms with E-state index >= 15 is 0 Å². The molecule has 2 aromatic heterocycles. The highest BCUT2D eigenvalue weighted by Gasteiger charge is 2.07. The Hall–Kier alpha value is -1.77. The van der Waals surface area contributed by atoms with Crippen molar-refractivity contribution in [3.63, 3.8) is 0 Å². The van der Waals surface area contributed by atoms with Gasteiger partial charge in [-0.1, -0.05) is 19.4 Å². The summed E-state index contributed by atoms with van der Waals surface area (Å²) >= 11 is 0. The summed E-state index contributed by atoms with van der Waals surface area (Å²) < 4.78 is 1.85. The Balaban J connectivity index is 2.63. The summed E-state index contributed by atoms with van der Waals surface area (Å²) in [6, 6.07) is 7.67. The Labute approximate surface area is 88.5 Å². The van der Waals surface area contributed by atoms with Crippen LogP contribution in [0.3, 0.4) is 0 Å². The van der Waals surface area contributed by atoms with Crippen LogP contribution >= 0.6 is 0 Å². The number of hydrogen-bond acceptors (Lipinski definition) is 1. The number of rotatable bonds is 3. The number of hydrogen-bond donors (Lipinski definition) is 1. The van der Waals surface area contributed by atoms with Gasteiger partial charge in [-0.3, -0.25) is 4.79 Å². The van der Waals surface area contributed by atoms with Gasteiger partial charge in [0.05, 0.1) is 0 Å². The molecular weight excluding hydrogens is 188 g/mol. The third kappa shape index (κ3) is 1.61. The number of amides is 1. The van der Waals surface area contributed by atoms with Crippen LogP contribution in [0.25, 0.3) is 5.52 Å². The van der Waals surface area contributed by atoms with Gasteiger partial charge in [0.25, 0.3) is 5.91 Å². The van der Waals surface area contributed by atoms with Crippen molar-refractivity contribution in [3.05, 3.63) is 41.7 Å². The van der Waals surface area contributed by atoms with E-state index in [0.29, 0.717) is 5.69 Å². The molecule has 3 nitrogen and oxygen atoms in total. The van der Waals surface area contributed by atoms with E-state index in [-0.39, 0.29) is 5.91 Å². The van der Waals surface area contributed by atoms with Gasteiger partial charge in [-0.15, -0.1) is 0 Å². The molecule has 0 aliphatic carbocycles. The average molecular weight is 202 g/mol. The van der Waals surface area contributed by atoms with Crippen LogP contribution in [0, 0.1) is 0 Å². The lowest BCUT2D eigenvalue weighted by Gasteiger charge is -2.02. The van der Waals surface area contributed by atoms with Crippen molar-refractivity contribution in [2.45, 2.75) is 19.8 Å². The molecule has 0 bridgehead atoms. The van der Waals surface area contributed by atoms with Crippen LogP contribution < -0.4 is 5.73 Å². The molecule has 0 aliphatic heterocycles. The molecular formula is C12H14N2O. The number of aryl methyl sites for hydroxylation is 1. The molecule has 2 N–H and O–H groups in total. The fourth-order valence-corrected chi connectivity index (χ4v) is 1.87. The minimum atomic E-state index is -0.390. The van der Waals surface area contributed by atoms with Crippen LogP contribution in [0.5, 0.6) is 0 Å². The Kier molecular flexibility index (Phi) is 2.46. The van der Waals surface area contributed by atoms with Gasteiger partial charge in [0, 0.05) is 11.7 Å². The molecule has 2 heterocycles. The second kappa shape index (κ2) is 3.77. The molecule has 0 fully saturated rings. The van der Waals surface area contributed by atoms with Crippen LogP contribution in [0.4, 0.5) is 0 Å². The Bertz CT molecular complexity index is 499. The zero-order valence-electron chi connectivity index (χ0n) is 8.73. The molecule has 15 heavy (non-hydrogen) atoms. The molecule has 3 heteroatoms. The van der Waals surface area contributed by atoms with Gasteiger partial charge >= 0.3 is 0 Å². The summed E-state index contributed by atoms with van der Waals surface area (Å²) in [5.74, 6) is -0.390. The summed E-state index contributed by atoms with van der Waals surface area (Å²) in [6.45, 7) is 2.14. The number of nitrogens with two attached hydrogens (primary N) is 1. The van der Waals surface area contributed by atoms with Gasteiger partial charge in [0.2, 0.25) is 0 Å². The molecule has 1 amide bonds. The van der Waals surface area contributed by atoms with Gasteiger partial charge in [-0.25, -0.2) is 0 Å². The summed E-state index contributed by atoms with van der Waals surface area (Å²) in [4.78, 5) is 11.2. The molecule has 78 valence electrons. The van der Waals surface area contributed by atoms with Crippen LogP contribution in [-0.2, 0) is 6.42 Å². The molecule has 0 aliphatic rings. The van der Waals surface area contributed by atoms with E-state index in [0.717, 1.165) is 18.4 Å². The van der Waals surface area contributed by atoms with Gasteiger partial charge in [-0.05, 0) is 30.2 Å². The zero-order chi connectivity index (χ0) is 10.8. The third-order valence-corrected chi connectivity index (χ3v) is 2.55. The first-order chi connectivity index (χ1) is 7.24. The van der Waals surface area contributed by atoms with Crippen molar-refractivity contribution < 1.29 is 4.79 Å². The number of carbonyl (C=O) groups is 1. The first-order valence-electron chi connectivity index (χ1n) is 5.12. The average Bonchev–Trinajstić information content (AvgIpc) is 2.62. The number of nitrogens with zero attached hydrogens (tertiary/aromatic N) is 1. The minimum Gasteiger partial charge on any atom is -0.364 e. The molecule has 0 atom stereocenters. The van der Waals surface area contributed by atoms with E-state index in [1.807, 2.05) is 28.8 Å². The van der Waals surface area contributed by atoms with E-state index in [2.05, 4.69) is 6.92 Å². The van der Waals surface area contributed by atoms with Gasteiger partial charge in [-0.2, -0.15) is 0 Å². The van der Waals surface area contributed by atoms with E-state index < -0.39 is 0 Å². The van der Waals surface area contributed by atoms with Crippen molar-refractivity contribution in [3.8, 4) is 0 Å². The Morgan fingerprint density at radius 3 is 2.87 bits per heavy atom. The van der Waals surface area contributed by atoms with Crippen molar-refractivity contribution in [2.24, 2.45) is 5.73 Å². The molecule has 0 saturated heterocycles. The standard InChI is InChI=1S/C12H14N2O/c1-2-4-9-7-8-14-10(9)5-3-6-11(14)12(13)15/h3,5-8H,2,4H2,1H3,(H2,13,15). The maximum absolute atomic E-state index is 11.2. The van der Waals surface area contributed by atoms with Crippen molar-refractivity contribution in [1.29, 1.82) is 0 Å². The summed E-state index contributed by atoms with van der Waals surface area (Å²) in [6.07, 6.45) is 4.03. The molecule has 0 saturated carbocycles. The van der Waals surface area contributed by atoms with Crippen LogP contribution in [0.15, 0.2) is 30.5 Å². The van der Waals surface area contributed by atoms with Gasteiger partial charge in [0.1, 0.15) is 5.69 Å². The molecule has 0 unspecified atom stereocenters.